The molecule has 0 aliphatic carbocycles. The molecule has 13 heavy (non-hydrogen) atoms. The molecule has 0 N–H and O–H groups in total. The molecule has 0 amide bonds. The molecule has 0 saturated heterocycles. The van der Waals surface area contributed by atoms with Crippen LogP contribution in [0.1, 0.15) is 71.1 Å². The van der Waals surface area contributed by atoms with Crippen LogP contribution in [0.2, 0.25) is 0 Å². The highest BCUT2D eigenvalue weighted by atomic mass is 14.0. The molecule has 0 fully saturated rings. The van der Waals surface area contributed by atoms with Crippen molar-refractivity contribution in [2.24, 2.45) is 0 Å². The van der Waals surface area contributed by atoms with Crippen LogP contribution < -0.4 is 0 Å². The maximum Gasteiger partial charge on any atom is -0.0282 e. The Morgan fingerprint density at radius 2 is 1.23 bits per heavy atom. The van der Waals surface area contributed by atoms with Crippen molar-refractivity contribution >= 4 is 0 Å². The first kappa shape index (κ1) is 12.7. The third kappa shape index (κ3) is 11.7. The summed E-state index contributed by atoms with van der Waals surface area (Å²) in [6.45, 7) is 5.87. The topological polar surface area (TPSA) is 0 Å². The van der Waals surface area contributed by atoms with E-state index in [-0.39, 0.29) is 0 Å². The molecule has 0 aliphatic heterocycles. The van der Waals surface area contributed by atoms with Crippen LogP contribution >= 0.6 is 0 Å². The summed E-state index contributed by atoms with van der Waals surface area (Å²) in [5.74, 6) is 0. The van der Waals surface area contributed by atoms with Crippen LogP contribution in [0.25, 0.3) is 0 Å². The summed E-state index contributed by atoms with van der Waals surface area (Å²) in [6, 6.07) is 0. The summed E-state index contributed by atoms with van der Waals surface area (Å²) in [6.07, 6.45) is 16.6. The van der Waals surface area contributed by atoms with Crippen LogP contribution in [-0.2, 0) is 0 Å². The molecule has 0 aromatic carbocycles. The molecule has 0 atom stereocenters. The van der Waals surface area contributed by atoms with Gasteiger partial charge in [0.1, 0.15) is 0 Å². The van der Waals surface area contributed by atoms with Gasteiger partial charge < -0.3 is 0 Å². The second-order valence-corrected chi connectivity index (χ2v) is 3.83. The van der Waals surface area contributed by atoms with Gasteiger partial charge in [0.15, 0.2) is 0 Å². The van der Waals surface area contributed by atoms with E-state index in [2.05, 4.69) is 19.6 Å². The monoisotopic (exact) mass is 181 g/mol. The van der Waals surface area contributed by atoms with Crippen LogP contribution in [0.3, 0.4) is 0 Å². The normalized spacial score (nSPS) is 10.2. The second-order valence-electron chi connectivity index (χ2n) is 3.83. The number of hydrogen-bond donors (Lipinski definition) is 0. The number of allylic oxidation sites excluding steroid dienone is 1. The van der Waals surface area contributed by atoms with Crippen molar-refractivity contribution in [3.63, 3.8) is 0 Å². The maximum atomic E-state index is 3.60. The molecule has 0 bridgehead atoms. The Balaban J connectivity index is 2.79. The molecule has 1 radical (unpaired) electrons. The zero-order valence-electron chi connectivity index (χ0n) is 9.28. The summed E-state index contributed by atoms with van der Waals surface area (Å²) < 4.78 is 0. The van der Waals surface area contributed by atoms with Crippen molar-refractivity contribution in [3.05, 3.63) is 12.7 Å². The Kier molecular flexibility index (Phi) is 11.5. The predicted molar refractivity (Wildman–Crippen MR) is 60.7 cm³/mol. The summed E-state index contributed by atoms with van der Waals surface area (Å²) in [5, 5.41) is 0. The molecule has 0 heteroatoms. The molecule has 0 nitrogen and oxygen atoms in total. The lowest BCUT2D eigenvalue weighted by Crippen LogP contribution is -1.80. The molecule has 77 valence electrons. The van der Waals surface area contributed by atoms with Gasteiger partial charge in [0.2, 0.25) is 0 Å². The average Bonchev–Trinajstić information content (AvgIpc) is 2.16. The Morgan fingerprint density at radius 1 is 0.769 bits per heavy atom. The summed E-state index contributed by atoms with van der Waals surface area (Å²) >= 11 is 0. The van der Waals surface area contributed by atoms with E-state index >= 15 is 0 Å². The molecule has 0 rings (SSSR count). The number of hydrogen-bond acceptors (Lipinski definition) is 0. The number of unbranched alkanes of at least 4 members (excludes halogenated alkanes) is 9. The van der Waals surface area contributed by atoms with Gasteiger partial charge in [-0.3, -0.25) is 0 Å². The van der Waals surface area contributed by atoms with Crippen LogP contribution in [0.15, 0.2) is 6.58 Å². The van der Waals surface area contributed by atoms with Gasteiger partial charge in [-0.15, -0.1) is 0 Å². The van der Waals surface area contributed by atoms with E-state index in [9.17, 15) is 0 Å². The SMILES string of the molecule is C=[C]CCCCCCCCCCC. The minimum atomic E-state index is 1.08. The zero-order chi connectivity index (χ0) is 9.78. The molecule has 0 aromatic rings. The van der Waals surface area contributed by atoms with Crippen molar-refractivity contribution in [1.29, 1.82) is 0 Å². The highest BCUT2D eigenvalue weighted by Crippen LogP contribution is 2.10. The van der Waals surface area contributed by atoms with E-state index in [1.54, 1.807) is 0 Å². The fraction of sp³-hybridized carbons (Fsp3) is 0.846. The van der Waals surface area contributed by atoms with Crippen LogP contribution in [0.4, 0.5) is 0 Å². The molecular weight excluding hydrogens is 156 g/mol. The second kappa shape index (κ2) is 11.7. The molecule has 0 spiro atoms. The molecule has 0 aliphatic rings. The van der Waals surface area contributed by atoms with Crippen molar-refractivity contribution in [1.82, 2.24) is 0 Å². The van der Waals surface area contributed by atoms with Gasteiger partial charge in [0, 0.05) is 0 Å². The van der Waals surface area contributed by atoms with Crippen molar-refractivity contribution in [2.75, 3.05) is 0 Å². The van der Waals surface area contributed by atoms with E-state index < -0.39 is 0 Å². The van der Waals surface area contributed by atoms with E-state index in [4.69, 9.17) is 0 Å². The Hall–Kier alpha value is -0.260. The van der Waals surface area contributed by atoms with Crippen molar-refractivity contribution in [2.45, 2.75) is 71.1 Å². The highest BCUT2D eigenvalue weighted by molar-refractivity contribution is 4.55. The lowest BCUT2D eigenvalue weighted by Gasteiger charge is -2.00. The molecule has 0 unspecified atom stereocenters. The standard InChI is InChI=1S/C13H25/c1-3-5-7-9-11-13-12-10-8-6-4-2/h1,4-13H2,2H3. The van der Waals surface area contributed by atoms with Crippen LogP contribution in [0, 0.1) is 6.08 Å². The van der Waals surface area contributed by atoms with Crippen molar-refractivity contribution in [3.8, 4) is 0 Å². The fourth-order valence-corrected chi connectivity index (χ4v) is 1.56. The predicted octanol–water partition coefficient (Wildman–Crippen LogP) is 4.90. The first-order chi connectivity index (χ1) is 6.41. The molecule has 0 heterocycles. The minimum absolute atomic E-state index is 1.08. The molecular formula is C13H25. The number of rotatable bonds is 10. The van der Waals surface area contributed by atoms with E-state index in [1.807, 2.05) is 0 Å². The van der Waals surface area contributed by atoms with Gasteiger partial charge in [0.25, 0.3) is 0 Å². The molecule has 0 aromatic heterocycles. The van der Waals surface area contributed by atoms with Crippen LogP contribution in [0.5, 0.6) is 0 Å². The van der Waals surface area contributed by atoms with Gasteiger partial charge in [0.05, 0.1) is 0 Å². The van der Waals surface area contributed by atoms with Gasteiger partial charge in [-0.05, 0) is 12.8 Å². The lowest BCUT2D eigenvalue weighted by molar-refractivity contribution is 0.565. The third-order valence-corrected chi connectivity index (χ3v) is 2.46. The Bertz CT molecular complexity index is 94.2. The maximum absolute atomic E-state index is 3.60. The first-order valence-corrected chi connectivity index (χ1v) is 5.91. The van der Waals surface area contributed by atoms with Crippen LogP contribution in [-0.4, -0.2) is 0 Å². The Labute approximate surface area is 84.4 Å². The molecule has 0 saturated carbocycles. The van der Waals surface area contributed by atoms with Gasteiger partial charge >= 0.3 is 0 Å². The van der Waals surface area contributed by atoms with E-state index in [0.717, 1.165) is 6.42 Å². The summed E-state index contributed by atoms with van der Waals surface area (Å²) in [5.41, 5.74) is 0. The largest absolute Gasteiger partial charge is 0.0956 e. The van der Waals surface area contributed by atoms with E-state index in [0.29, 0.717) is 0 Å². The zero-order valence-corrected chi connectivity index (χ0v) is 9.28. The summed E-state index contributed by atoms with van der Waals surface area (Å²) in [7, 11) is 0. The quantitative estimate of drug-likeness (QED) is 0.421. The third-order valence-electron chi connectivity index (χ3n) is 2.46. The van der Waals surface area contributed by atoms with Gasteiger partial charge in [-0.1, -0.05) is 70.9 Å². The summed E-state index contributed by atoms with van der Waals surface area (Å²) in [4.78, 5) is 0. The highest BCUT2D eigenvalue weighted by Gasteiger charge is 1.90. The van der Waals surface area contributed by atoms with Gasteiger partial charge in [-0.2, -0.15) is 0 Å². The fourth-order valence-electron chi connectivity index (χ4n) is 1.56. The van der Waals surface area contributed by atoms with E-state index in [1.165, 1.54) is 57.8 Å². The smallest absolute Gasteiger partial charge is 0.0282 e. The minimum Gasteiger partial charge on any atom is -0.0956 e. The average molecular weight is 181 g/mol. The van der Waals surface area contributed by atoms with Gasteiger partial charge in [-0.25, -0.2) is 0 Å². The lowest BCUT2D eigenvalue weighted by atomic mass is 10.1. The first-order valence-electron chi connectivity index (χ1n) is 5.91. The Morgan fingerprint density at radius 3 is 1.69 bits per heavy atom. The van der Waals surface area contributed by atoms with Crippen molar-refractivity contribution < 1.29 is 0 Å².